The molecule has 2 aromatic heterocycles. The Bertz CT molecular complexity index is 832. The third-order valence-electron chi connectivity index (χ3n) is 2.96. The number of nitrogen functional groups attached to an aromatic ring is 2. The number of imidazole rings is 1. The quantitative estimate of drug-likeness (QED) is 0.479. The van der Waals surface area contributed by atoms with Crippen molar-refractivity contribution < 1.29 is 0 Å². The molecule has 0 spiro atoms. The van der Waals surface area contributed by atoms with Crippen LogP contribution < -0.4 is 17.0 Å². The lowest BCUT2D eigenvalue weighted by Crippen LogP contribution is -2.10. The molecule has 6 N–H and O–H groups in total. The summed E-state index contributed by atoms with van der Waals surface area (Å²) in [5, 5.41) is 0. The number of aromatic nitrogens is 4. The number of hydrogen-bond donors (Lipinski definition) is 4. The smallest absolute Gasteiger partial charge is 0.278 e. The van der Waals surface area contributed by atoms with Gasteiger partial charge in [-0.25, -0.2) is 4.98 Å². The van der Waals surface area contributed by atoms with Gasteiger partial charge in [-0.2, -0.15) is 4.98 Å². The Balaban J connectivity index is 2.30. The van der Waals surface area contributed by atoms with Crippen LogP contribution >= 0.6 is 0 Å². The van der Waals surface area contributed by atoms with Gasteiger partial charge in [-0.1, -0.05) is 12.1 Å². The SMILES string of the molecule is Cc1cccc(-c2nc3nc(N)[nH]c(=O)c3[nH]2)c1N. The zero-order valence-corrected chi connectivity index (χ0v) is 10.2. The van der Waals surface area contributed by atoms with Crippen LogP contribution in [0.3, 0.4) is 0 Å². The van der Waals surface area contributed by atoms with E-state index in [9.17, 15) is 4.79 Å². The van der Waals surface area contributed by atoms with Gasteiger partial charge in [-0.05, 0) is 18.6 Å². The highest BCUT2D eigenvalue weighted by Gasteiger charge is 2.12. The van der Waals surface area contributed by atoms with Crippen LogP contribution in [0, 0.1) is 6.92 Å². The first kappa shape index (κ1) is 11.3. The van der Waals surface area contributed by atoms with Crippen molar-refractivity contribution in [3.05, 3.63) is 34.1 Å². The van der Waals surface area contributed by atoms with E-state index in [2.05, 4.69) is 19.9 Å². The largest absolute Gasteiger partial charge is 0.398 e. The standard InChI is InChI=1S/C12H12N6O/c1-5-3-2-4-6(7(5)13)9-15-8-10(16-9)17-12(14)18-11(8)19/h2-4H,13H2,1H3,(H4,14,15,16,17,18,19). The van der Waals surface area contributed by atoms with Crippen molar-refractivity contribution in [1.82, 2.24) is 19.9 Å². The van der Waals surface area contributed by atoms with Gasteiger partial charge in [0.15, 0.2) is 11.2 Å². The highest BCUT2D eigenvalue weighted by Crippen LogP contribution is 2.26. The summed E-state index contributed by atoms with van der Waals surface area (Å²) in [6, 6.07) is 5.61. The molecule has 0 unspecified atom stereocenters. The first-order valence-corrected chi connectivity index (χ1v) is 5.67. The molecule has 3 aromatic rings. The Hall–Kier alpha value is -2.83. The predicted molar refractivity (Wildman–Crippen MR) is 73.5 cm³/mol. The summed E-state index contributed by atoms with van der Waals surface area (Å²) in [4.78, 5) is 25.3. The molecule has 0 bridgehead atoms. The van der Waals surface area contributed by atoms with Crippen molar-refractivity contribution in [3.8, 4) is 11.4 Å². The maximum atomic E-state index is 11.7. The van der Waals surface area contributed by atoms with E-state index in [0.29, 0.717) is 11.5 Å². The fourth-order valence-corrected chi connectivity index (χ4v) is 1.94. The van der Waals surface area contributed by atoms with Crippen molar-refractivity contribution in [1.29, 1.82) is 0 Å². The summed E-state index contributed by atoms with van der Waals surface area (Å²) in [5.74, 6) is 0.535. The van der Waals surface area contributed by atoms with E-state index in [1.54, 1.807) is 0 Å². The Morgan fingerprint density at radius 1 is 1.16 bits per heavy atom. The van der Waals surface area contributed by atoms with Gasteiger partial charge in [0, 0.05) is 11.3 Å². The average molecular weight is 256 g/mol. The highest BCUT2D eigenvalue weighted by atomic mass is 16.1. The van der Waals surface area contributed by atoms with Gasteiger partial charge >= 0.3 is 0 Å². The predicted octanol–water partition coefficient (Wildman–Crippen LogP) is 0.786. The van der Waals surface area contributed by atoms with E-state index in [0.717, 1.165) is 11.1 Å². The number of aryl methyl sites for hydroxylation is 1. The molecule has 7 nitrogen and oxygen atoms in total. The Morgan fingerprint density at radius 2 is 1.95 bits per heavy atom. The second kappa shape index (κ2) is 3.84. The number of H-pyrrole nitrogens is 2. The molecule has 96 valence electrons. The Kier molecular flexibility index (Phi) is 2.28. The van der Waals surface area contributed by atoms with E-state index in [4.69, 9.17) is 11.5 Å². The fourth-order valence-electron chi connectivity index (χ4n) is 1.94. The maximum absolute atomic E-state index is 11.7. The minimum absolute atomic E-state index is 0.0350. The first-order chi connectivity index (χ1) is 9.06. The highest BCUT2D eigenvalue weighted by molar-refractivity contribution is 5.81. The number of nitrogens with one attached hydrogen (secondary N) is 2. The lowest BCUT2D eigenvalue weighted by Gasteiger charge is -2.04. The summed E-state index contributed by atoms with van der Waals surface area (Å²) >= 11 is 0. The third kappa shape index (κ3) is 1.71. The summed E-state index contributed by atoms with van der Waals surface area (Å²) in [6.45, 7) is 1.91. The molecule has 0 radical (unpaired) electrons. The first-order valence-electron chi connectivity index (χ1n) is 5.67. The molecule has 0 aliphatic heterocycles. The molecule has 0 aliphatic carbocycles. The van der Waals surface area contributed by atoms with Gasteiger partial charge in [-0.3, -0.25) is 9.78 Å². The number of para-hydroxylation sites is 1. The third-order valence-corrected chi connectivity index (χ3v) is 2.96. The second-order valence-electron chi connectivity index (χ2n) is 4.27. The summed E-state index contributed by atoms with van der Waals surface area (Å²) < 4.78 is 0. The van der Waals surface area contributed by atoms with Crippen LogP contribution in [-0.4, -0.2) is 19.9 Å². The van der Waals surface area contributed by atoms with Gasteiger partial charge in [0.25, 0.3) is 5.56 Å². The molecule has 0 atom stereocenters. The van der Waals surface area contributed by atoms with Gasteiger partial charge in [0.1, 0.15) is 5.82 Å². The van der Waals surface area contributed by atoms with E-state index in [1.807, 2.05) is 25.1 Å². The van der Waals surface area contributed by atoms with Crippen molar-refractivity contribution in [3.63, 3.8) is 0 Å². The zero-order chi connectivity index (χ0) is 13.6. The molecule has 1 aromatic carbocycles. The molecule has 0 amide bonds. The lowest BCUT2D eigenvalue weighted by atomic mass is 10.1. The van der Waals surface area contributed by atoms with Gasteiger partial charge in [0.2, 0.25) is 5.95 Å². The van der Waals surface area contributed by atoms with Crippen molar-refractivity contribution in [2.24, 2.45) is 0 Å². The Labute approximate surface area is 107 Å². The number of hydrogen-bond acceptors (Lipinski definition) is 5. The number of benzene rings is 1. The van der Waals surface area contributed by atoms with E-state index in [1.165, 1.54) is 0 Å². The summed E-state index contributed by atoms with van der Waals surface area (Å²) in [6.07, 6.45) is 0. The Morgan fingerprint density at radius 3 is 2.74 bits per heavy atom. The molecule has 0 saturated carbocycles. The molecule has 3 rings (SSSR count). The minimum atomic E-state index is -0.354. The molecule has 19 heavy (non-hydrogen) atoms. The van der Waals surface area contributed by atoms with E-state index >= 15 is 0 Å². The van der Waals surface area contributed by atoms with Crippen molar-refractivity contribution in [2.45, 2.75) is 6.92 Å². The van der Waals surface area contributed by atoms with Crippen LogP contribution in [-0.2, 0) is 0 Å². The molecule has 0 fully saturated rings. The van der Waals surface area contributed by atoms with Crippen LogP contribution in [0.1, 0.15) is 5.56 Å². The van der Waals surface area contributed by atoms with Crippen LogP contribution in [0.2, 0.25) is 0 Å². The van der Waals surface area contributed by atoms with Crippen molar-refractivity contribution >= 4 is 22.8 Å². The number of nitrogens with zero attached hydrogens (tertiary/aromatic N) is 2. The molecule has 0 aliphatic rings. The van der Waals surface area contributed by atoms with E-state index in [-0.39, 0.29) is 22.7 Å². The van der Waals surface area contributed by atoms with Gasteiger partial charge in [0.05, 0.1) is 0 Å². The van der Waals surface area contributed by atoms with Gasteiger partial charge < -0.3 is 16.5 Å². The number of fused-ring (bicyclic) bond motifs is 1. The van der Waals surface area contributed by atoms with E-state index < -0.39 is 0 Å². The summed E-state index contributed by atoms with van der Waals surface area (Å²) in [7, 11) is 0. The van der Waals surface area contributed by atoms with Crippen LogP contribution in [0.15, 0.2) is 23.0 Å². The van der Waals surface area contributed by atoms with Gasteiger partial charge in [-0.15, -0.1) is 0 Å². The lowest BCUT2D eigenvalue weighted by molar-refractivity contribution is 1.17. The van der Waals surface area contributed by atoms with Crippen LogP contribution in [0.4, 0.5) is 11.6 Å². The topological polar surface area (TPSA) is 126 Å². The molecule has 7 heteroatoms. The minimum Gasteiger partial charge on any atom is -0.398 e. The van der Waals surface area contributed by atoms with Crippen LogP contribution in [0.25, 0.3) is 22.6 Å². The van der Waals surface area contributed by atoms with Crippen molar-refractivity contribution in [2.75, 3.05) is 11.5 Å². The molecular weight excluding hydrogens is 244 g/mol. The molecule has 0 saturated heterocycles. The monoisotopic (exact) mass is 256 g/mol. The normalized spacial score (nSPS) is 11.0. The molecule has 2 heterocycles. The van der Waals surface area contributed by atoms with Crippen LogP contribution in [0.5, 0.6) is 0 Å². The number of anilines is 2. The average Bonchev–Trinajstić information content (AvgIpc) is 2.76. The zero-order valence-electron chi connectivity index (χ0n) is 10.2. The number of nitrogens with two attached hydrogens (primary N) is 2. The number of aromatic amines is 2. The number of rotatable bonds is 1. The molecular formula is C12H12N6O. The fraction of sp³-hybridized carbons (Fsp3) is 0.0833. The summed E-state index contributed by atoms with van der Waals surface area (Å²) in [5.41, 5.74) is 14.0. The second-order valence-corrected chi connectivity index (χ2v) is 4.27. The maximum Gasteiger partial charge on any atom is 0.278 e.